The lowest BCUT2D eigenvalue weighted by atomic mass is 10.0. The molecule has 36 heavy (non-hydrogen) atoms. The number of hydrogen-bond acceptors (Lipinski definition) is 4. The highest BCUT2D eigenvalue weighted by molar-refractivity contribution is 6.07. The monoisotopic (exact) mass is 480 g/mol. The SMILES string of the molecule is COc1ccccc1CCNC(=O)c1cc(-c2cnn(-c3ccc(F)cc3)c2C)nc2ccccc12. The number of rotatable bonds is 7. The quantitative estimate of drug-likeness (QED) is 0.333. The van der Waals surface area contributed by atoms with Crippen LogP contribution in [0.25, 0.3) is 27.8 Å². The Bertz CT molecular complexity index is 1540. The Morgan fingerprint density at radius 2 is 1.78 bits per heavy atom. The molecule has 0 atom stereocenters. The Labute approximate surface area is 208 Å². The average molecular weight is 481 g/mol. The number of carbonyl (C=O) groups is 1. The van der Waals surface area contributed by atoms with Crippen molar-refractivity contribution >= 4 is 16.8 Å². The summed E-state index contributed by atoms with van der Waals surface area (Å²) in [7, 11) is 1.64. The average Bonchev–Trinajstić information content (AvgIpc) is 3.29. The summed E-state index contributed by atoms with van der Waals surface area (Å²) in [6.45, 7) is 2.39. The molecular formula is C29H25FN4O2. The molecule has 6 nitrogen and oxygen atoms in total. The molecule has 0 bridgehead atoms. The molecule has 180 valence electrons. The van der Waals surface area contributed by atoms with Crippen LogP contribution in [0.3, 0.4) is 0 Å². The molecule has 0 fully saturated rings. The van der Waals surface area contributed by atoms with Gasteiger partial charge in [0, 0.05) is 17.5 Å². The largest absolute Gasteiger partial charge is 0.496 e. The first-order chi connectivity index (χ1) is 17.5. The molecule has 1 amide bonds. The van der Waals surface area contributed by atoms with Crippen molar-refractivity contribution in [3.63, 3.8) is 0 Å². The summed E-state index contributed by atoms with van der Waals surface area (Å²) in [6, 6.07) is 23.3. The summed E-state index contributed by atoms with van der Waals surface area (Å²) in [5.74, 6) is 0.326. The third-order valence-electron chi connectivity index (χ3n) is 6.19. The number of aromatic nitrogens is 3. The second-order valence-corrected chi connectivity index (χ2v) is 8.42. The molecule has 0 spiro atoms. The minimum Gasteiger partial charge on any atom is -0.496 e. The van der Waals surface area contributed by atoms with Crippen molar-refractivity contribution in [3.05, 3.63) is 108 Å². The van der Waals surface area contributed by atoms with E-state index in [1.165, 1.54) is 12.1 Å². The molecule has 2 heterocycles. The fraction of sp³-hybridized carbons (Fsp3) is 0.138. The zero-order chi connectivity index (χ0) is 25.1. The number of methoxy groups -OCH3 is 1. The highest BCUT2D eigenvalue weighted by atomic mass is 19.1. The van der Waals surface area contributed by atoms with Crippen molar-refractivity contribution in [2.75, 3.05) is 13.7 Å². The molecule has 0 aliphatic carbocycles. The van der Waals surface area contributed by atoms with Gasteiger partial charge < -0.3 is 10.1 Å². The number of nitrogens with zero attached hydrogens (tertiary/aromatic N) is 3. The third kappa shape index (κ3) is 4.55. The fourth-order valence-corrected chi connectivity index (χ4v) is 4.32. The molecule has 0 saturated carbocycles. The van der Waals surface area contributed by atoms with E-state index in [9.17, 15) is 9.18 Å². The number of halogens is 1. The molecule has 5 rings (SSSR count). The van der Waals surface area contributed by atoms with Crippen LogP contribution in [0.5, 0.6) is 5.75 Å². The lowest BCUT2D eigenvalue weighted by molar-refractivity contribution is 0.0955. The van der Waals surface area contributed by atoms with E-state index in [-0.39, 0.29) is 11.7 Å². The van der Waals surface area contributed by atoms with Gasteiger partial charge in [-0.05, 0) is 61.4 Å². The van der Waals surface area contributed by atoms with Crippen LogP contribution in [0.15, 0.2) is 85.1 Å². The van der Waals surface area contributed by atoms with Crippen molar-refractivity contribution in [2.45, 2.75) is 13.3 Å². The molecule has 3 aromatic carbocycles. The lowest BCUT2D eigenvalue weighted by Gasteiger charge is -2.12. The van der Waals surface area contributed by atoms with E-state index in [1.807, 2.05) is 55.5 Å². The number of amides is 1. The number of nitrogens with one attached hydrogen (secondary N) is 1. The van der Waals surface area contributed by atoms with Crippen molar-refractivity contribution in [3.8, 4) is 22.7 Å². The third-order valence-corrected chi connectivity index (χ3v) is 6.19. The second-order valence-electron chi connectivity index (χ2n) is 8.42. The lowest BCUT2D eigenvalue weighted by Crippen LogP contribution is -2.26. The number of carbonyl (C=O) groups excluding carboxylic acids is 1. The summed E-state index contributed by atoms with van der Waals surface area (Å²) in [4.78, 5) is 18.1. The van der Waals surface area contributed by atoms with E-state index in [0.717, 1.165) is 39.2 Å². The Morgan fingerprint density at radius 1 is 1.03 bits per heavy atom. The second kappa shape index (κ2) is 10.00. The fourth-order valence-electron chi connectivity index (χ4n) is 4.32. The van der Waals surface area contributed by atoms with Gasteiger partial charge in [0.15, 0.2) is 0 Å². The van der Waals surface area contributed by atoms with Crippen molar-refractivity contribution in [1.29, 1.82) is 0 Å². The molecule has 1 N–H and O–H groups in total. The summed E-state index contributed by atoms with van der Waals surface area (Å²) in [5.41, 5.74) is 5.33. The molecule has 0 aliphatic heterocycles. The Hall–Kier alpha value is -4.52. The van der Waals surface area contributed by atoms with E-state index in [0.29, 0.717) is 24.2 Å². The van der Waals surface area contributed by atoms with Crippen LogP contribution >= 0.6 is 0 Å². The molecule has 7 heteroatoms. The standard InChI is InChI=1S/C29H25FN4O2/c1-19-25(18-32-34(19)22-13-11-21(30)12-14-22)27-17-24(23-8-4-5-9-26(23)33-27)29(35)31-16-15-20-7-3-6-10-28(20)36-2/h3-14,17-18H,15-16H2,1-2H3,(H,31,35). The minimum absolute atomic E-state index is 0.173. The van der Waals surface area contributed by atoms with E-state index in [2.05, 4.69) is 10.4 Å². The first-order valence-corrected chi connectivity index (χ1v) is 11.7. The van der Waals surface area contributed by atoms with Crippen molar-refractivity contribution < 1.29 is 13.9 Å². The molecule has 0 saturated heterocycles. The molecule has 5 aromatic rings. The maximum atomic E-state index is 13.4. The van der Waals surface area contributed by atoms with Crippen LogP contribution in [-0.4, -0.2) is 34.3 Å². The first kappa shape index (κ1) is 23.2. The van der Waals surface area contributed by atoms with Gasteiger partial charge >= 0.3 is 0 Å². The number of hydrogen-bond donors (Lipinski definition) is 1. The van der Waals surface area contributed by atoms with E-state index < -0.39 is 0 Å². The van der Waals surface area contributed by atoms with Crippen molar-refractivity contribution in [1.82, 2.24) is 20.1 Å². The van der Waals surface area contributed by atoms with Gasteiger partial charge in [-0.15, -0.1) is 0 Å². The van der Waals surface area contributed by atoms with Gasteiger partial charge in [0.2, 0.25) is 0 Å². The topological polar surface area (TPSA) is 69.0 Å². The van der Waals surface area contributed by atoms with Gasteiger partial charge in [-0.2, -0.15) is 5.10 Å². The summed E-state index contributed by atoms with van der Waals surface area (Å²) in [5, 5.41) is 8.31. The van der Waals surface area contributed by atoms with Crippen LogP contribution in [0.1, 0.15) is 21.6 Å². The summed E-state index contributed by atoms with van der Waals surface area (Å²) in [6.07, 6.45) is 2.37. The number of ether oxygens (including phenoxy) is 1. The Morgan fingerprint density at radius 3 is 2.58 bits per heavy atom. The van der Waals surface area contributed by atoms with Gasteiger partial charge in [0.1, 0.15) is 11.6 Å². The Balaban J connectivity index is 1.45. The number of benzene rings is 3. The maximum absolute atomic E-state index is 13.4. The van der Waals surface area contributed by atoms with Gasteiger partial charge in [-0.25, -0.2) is 14.1 Å². The number of fused-ring (bicyclic) bond motifs is 1. The van der Waals surface area contributed by atoms with E-state index in [4.69, 9.17) is 9.72 Å². The van der Waals surface area contributed by atoms with Crippen LogP contribution in [-0.2, 0) is 6.42 Å². The van der Waals surface area contributed by atoms with Crippen LogP contribution < -0.4 is 10.1 Å². The zero-order valence-electron chi connectivity index (χ0n) is 20.0. The highest BCUT2D eigenvalue weighted by Crippen LogP contribution is 2.28. The molecule has 0 aliphatic rings. The maximum Gasteiger partial charge on any atom is 0.252 e. The summed E-state index contributed by atoms with van der Waals surface area (Å²) < 4.78 is 20.5. The normalized spacial score (nSPS) is 11.0. The van der Waals surface area contributed by atoms with Gasteiger partial charge in [-0.1, -0.05) is 36.4 Å². The minimum atomic E-state index is -0.304. The van der Waals surface area contributed by atoms with Crippen LogP contribution in [0.4, 0.5) is 4.39 Å². The Kier molecular flexibility index (Phi) is 6.45. The highest BCUT2D eigenvalue weighted by Gasteiger charge is 2.17. The van der Waals surface area contributed by atoms with Crippen molar-refractivity contribution in [2.24, 2.45) is 0 Å². The van der Waals surface area contributed by atoms with Gasteiger partial charge in [0.05, 0.1) is 41.5 Å². The molecule has 2 aromatic heterocycles. The number of para-hydroxylation sites is 2. The molecule has 0 unspecified atom stereocenters. The number of pyridine rings is 1. The predicted molar refractivity (Wildman–Crippen MR) is 138 cm³/mol. The zero-order valence-corrected chi connectivity index (χ0v) is 20.0. The predicted octanol–water partition coefficient (Wildman–Crippen LogP) is 5.52. The van der Waals surface area contributed by atoms with E-state index >= 15 is 0 Å². The molecular weight excluding hydrogens is 455 g/mol. The van der Waals surface area contributed by atoms with Crippen LogP contribution in [0.2, 0.25) is 0 Å². The van der Waals surface area contributed by atoms with Gasteiger partial charge in [-0.3, -0.25) is 4.79 Å². The molecule has 0 radical (unpaired) electrons. The van der Waals surface area contributed by atoms with Crippen LogP contribution in [0, 0.1) is 12.7 Å². The van der Waals surface area contributed by atoms with Gasteiger partial charge in [0.25, 0.3) is 5.91 Å². The summed E-state index contributed by atoms with van der Waals surface area (Å²) >= 11 is 0. The smallest absolute Gasteiger partial charge is 0.252 e. The van der Waals surface area contributed by atoms with E-state index in [1.54, 1.807) is 36.2 Å². The first-order valence-electron chi connectivity index (χ1n) is 11.7.